The van der Waals surface area contributed by atoms with Gasteiger partial charge in [-0.3, -0.25) is 9.97 Å². The van der Waals surface area contributed by atoms with E-state index in [1.807, 2.05) is 0 Å². The first-order valence-electron chi connectivity index (χ1n) is 6.10. The van der Waals surface area contributed by atoms with Crippen LogP contribution in [0.4, 0.5) is 11.5 Å². The van der Waals surface area contributed by atoms with Crippen molar-refractivity contribution in [3.63, 3.8) is 0 Å². The van der Waals surface area contributed by atoms with Crippen molar-refractivity contribution in [2.75, 3.05) is 13.2 Å². The van der Waals surface area contributed by atoms with E-state index in [2.05, 4.69) is 30.0 Å². The molecule has 0 saturated heterocycles. The molecule has 0 radical (unpaired) electrons. The summed E-state index contributed by atoms with van der Waals surface area (Å²) < 4.78 is 10.9. The van der Waals surface area contributed by atoms with E-state index in [1.54, 1.807) is 24.5 Å². The summed E-state index contributed by atoms with van der Waals surface area (Å²) in [7, 11) is 0. The van der Waals surface area contributed by atoms with Gasteiger partial charge in [-0.1, -0.05) is 5.11 Å². The molecule has 0 N–H and O–H groups in total. The minimum absolute atomic E-state index is 0.0340. The highest BCUT2D eigenvalue weighted by Gasteiger charge is 2.08. The van der Waals surface area contributed by atoms with Crippen molar-refractivity contribution in [3.05, 3.63) is 57.7 Å². The Kier molecular flexibility index (Phi) is 5.39. The van der Waals surface area contributed by atoms with Crippen molar-refractivity contribution in [2.45, 2.75) is 0 Å². The molecule has 10 heteroatoms. The second-order valence-electron chi connectivity index (χ2n) is 3.74. The maximum Gasteiger partial charge on any atom is 0.140 e. The highest BCUT2D eigenvalue weighted by molar-refractivity contribution is 5.65. The number of hydrogen-bond acceptors (Lipinski definition) is 6. The Morgan fingerprint density at radius 3 is 2.41 bits per heavy atom. The van der Waals surface area contributed by atoms with Crippen molar-refractivity contribution in [1.29, 1.82) is 0 Å². The van der Waals surface area contributed by atoms with E-state index in [1.165, 1.54) is 12.3 Å². The molecule has 10 nitrogen and oxygen atoms in total. The third-order valence-corrected chi connectivity index (χ3v) is 2.41. The maximum absolute atomic E-state index is 8.57. The average molecular weight is 298 g/mol. The number of azide groups is 2. The summed E-state index contributed by atoms with van der Waals surface area (Å²) >= 11 is 0. The third kappa shape index (κ3) is 4.01. The number of pyridine rings is 2. The summed E-state index contributed by atoms with van der Waals surface area (Å²) in [5.74, 6) is 0.875. The first-order chi connectivity index (χ1) is 10.8. The lowest BCUT2D eigenvalue weighted by atomic mass is 10.3. The number of nitrogens with zero attached hydrogens (tertiary/aromatic N) is 8. The van der Waals surface area contributed by atoms with Crippen molar-refractivity contribution >= 4 is 11.5 Å². The van der Waals surface area contributed by atoms with Gasteiger partial charge in [0.2, 0.25) is 0 Å². The van der Waals surface area contributed by atoms with E-state index in [9.17, 15) is 0 Å². The van der Waals surface area contributed by atoms with Crippen LogP contribution in [0.5, 0.6) is 11.5 Å². The predicted octanol–water partition coefficient (Wildman–Crippen LogP) is 3.82. The van der Waals surface area contributed by atoms with Gasteiger partial charge in [-0.15, -0.1) is 0 Å². The Morgan fingerprint density at radius 2 is 1.68 bits per heavy atom. The van der Waals surface area contributed by atoms with Crippen LogP contribution in [0.15, 0.2) is 47.0 Å². The molecule has 0 spiro atoms. The molecule has 0 bridgehead atoms. The molecule has 0 aliphatic rings. The first kappa shape index (κ1) is 14.9. The predicted molar refractivity (Wildman–Crippen MR) is 77.1 cm³/mol. The van der Waals surface area contributed by atoms with Gasteiger partial charge in [0.05, 0.1) is 0 Å². The summed E-state index contributed by atoms with van der Waals surface area (Å²) in [4.78, 5) is 13.0. The third-order valence-electron chi connectivity index (χ3n) is 2.41. The molecule has 0 fully saturated rings. The Hall–Kier alpha value is -3.48. The number of ether oxygens (including phenoxy) is 2. The van der Waals surface area contributed by atoms with Gasteiger partial charge in [0, 0.05) is 28.4 Å². The molecule has 0 atom stereocenters. The Morgan fingerprint density at radius 1 is 0.955 bits per heavy atom. The van der Waals surface area contributed by atoms with Crippen molar-refractivity contribution in [1.82, 2.24) is 9.97 Å². The van der Waals surface area contributed by atoms with E-state index < -0.39 is 0 Å². The van der Waals surface area contributed by atoms with E-state index in [4.69, 9.17) is 20.5 Å². The van der Waals surface area contributed by atoms with Crippen molar-refractivity contribution < 1.29 is 9.47 Å². The minimum Gasteiger partial charge on any atom is -0.490 e. The SMILES string of the molecule is [N-]=[N+]=Nc1nccc(OCCOc2ccncc2)c1N=[N+]=[N-]. The second kappa shape index (κ2) is 7.95. The quantitative estimate of drug-likeness (QED) is 0.331. The van der Waals surface area contributed by atoms with Gasteiger partial charge < -0.3 is 9.47 Å². The molecule has 0 aromatic carbocycles. The van der Waals surface area contributed by atoms with E-state index in [0.29, 0.717) is 5.75 Å². The van der Waals surface area contributed by atoms with Gasteiger partial charge in [-0.2, -0.15) is 0 Å². The van der Waals surface area contributed by atoms with Crippen LogP contribution < -0.4 is 9.47 Å². The zero-order valence-electron chi connectivity index (χ0n) is 11.3. The Bertz CT molecular complexity index is 723. The van der Waals surface area contributed by atoms with E-state index in [0.717, 1.165) is 0 Å². The van der Waals surface area contributed by atoms with Crippen LogP contribution in [0.2, 0.25) is 0 Å². The molecule has 0 saturated carbocycles. The van der Waals surface area contributed by atoms with Crippen molar-refractivity contribution in [3.8, 4) is 11.5 Å². The van der Waals surface area contributed by atoms with Crippen LogP contribution in [-0.4, -0.2) is 23.2 Å². The fourth-order valence-electron chi connectivity index (χ4n) is 1.54. The summed E-state index contributed by atoms with van der Waals surface area (Å²) in [6, 6.07) is 4.95. The summed E-state index contributed by atoms with van der Waals surface area (Å²) in [6.07, 6.45) is 4.62. The largest absolute Gasteiger partial charge is 0.490 e. The molecule has 0 unspecified atom stereocenters. The van der Waals surface area contributed by atoms with E-state index >= 15 is 0 Å². The van der Waals surface area contributed by atoms with Crippen LogP contribution in [-0.2, 0) is 0 Å². The minimum atomic E-state index is -0.0483. The molecule has 0 aliphatic heterocycles. The lowest BCUT2D eigenvalue weighted by Crippen LogP contribution is -2.09. The van der Waals surface area contributed by atoms with Gasteiger partial charge in [0.25, 0.3) is 0 Å². The topological polar surface area (TPSA) is 142 Å². The van der Waals surface area contributed by atoms with Gasteiger partial charge in [0.1, 0.15) is 36.2 Å². The molecular weight excluding hydrogens is 288 g/mol. The molecule has 0 aliphatic carbocycles. The summed E-state index contributed by atoms with van der Waals surface area (Å²) in [5.41, 5.74) is 17.1. The van der Waals surface area contributed by atoms with Crippen LogP contribution in [0, 0.1) is 0 Å². The lowest BCUT2D eigenvalue weighted by Gasteiger charge is -2.10. The molecule has 110 valence electrons. The first-order valence-corrected chi connectivity index (χ1v) is 6.10. The summed E-state index contributed by atoms with van der Waals surface area (Å²) in [5, 5.41) is 6.79. The molecular formula is C12H10N8O2. The molecule has 2 aromatic heterocycles. The Labute approximate surface area is 124 Å². The van der Waals surface area contributed by atoms with Crippen LogP contribution in [0.1, 0.15) is 0 Å². The highest BCUT2D eigenvalue weighted by atomic mass is 16.5. The zero-order chi connectivity index (χ0) is 15.6. The standard InChI is InChI=1S/C12H10N8O2/c13-19-17-11-10(3-6-16-12(11)18-20-14)22-8-7-21-9-1-4-15-5-2-9/h1-6H,7-8H2. The number of rotatable bonds is 7. The lowest BCUT2D eigenvalue weighted by molar-refractivity contribution is 0.217. The van der Waals surface area contributed by atoms with Crippen LogP contribution >= 0.6 is 0 Å². The monoisotopic (exact) mass is 298 g/mol. The van der Waals surface area contributed by atoms with Gasteiger partial charge in [-0.05, 0) is 34.4 Å². The smallest absolute Gasteiger partial charge is 0.140 e. The fraction of sp³-hybridized carbons (Fsp3) is 0.167. The zero-order valence-corrected chi connectivity index (χ0v) is 11.3. The van der Waals surface area contributed by atoms with Crippen LogP contribution in [0.3, 0.4) is 0 Å². The highest BCUT2D eigenvalue weighted by Crippen LogP contribution is 2.35. The van der Waals surface area contributed by atoms with Gasteiger partial charge in [-0.25, -0.2) is 0 Å². The molecule has 22 heavy (non-hydrogen) atoms. The van der Waals surface area contributed by atoms with E-state index in [-0.39, 0.29) is 30.5 Å². The van der Waals surface area contributed by atoms with Gasteiger partial charge in [0.15, 0.2) is 0 Å². The average Bonchev–Trinajstić information content (AvgIpc) is 2.55. The van der Waals surface area contributed by atoms with Crippen LogP contribution in [0.25, 0.3) is 20.9 Å². The van der Waals surface area contributed by atoms with Crippen molar-refractivity contribution in [2.24, 2.45) is 10.2 Å². The molecule has 2 heterocycles. The molecule has 0 amide bonds. The van der Waals surface area contributed by atoms with Gasteiger partial charge >= 0.3 is 0 Å². The number of aromatic nitrogens is 2. The second-order valence-corrected chi connectivity index (χ2v) is 3.74. The molecule has 2 aromatic rings. The maximum atomic E-state index is 8.57. The summed E-state index contributed by atoms with van der Waals surface area (Å²) in [6.45, 7) is 0.481. The molecule has 2 rings (SSSR count). The fourth-order valence-corrected chi connectivity index (χ4v) is 1.54. The number of hydrogen-bond donors (Lipinski definition) is 0. The normalized spacial score (nSPS) is 9.27. The Balaban J connectivity index is 2.01.